The average Bonchev–Trinajstić information content (AvgIpc) is 1.99. The molecule has 0 aromatic rings. The maximum atomic E-state index is 11.7. The van der Waals surface area contributed by atoms with Crippen molar-refractivity contribution in [1.29, 1.82) is 0 Å². The van der Waals surface area contributed by atoms with Crippen molar-refractivity contribution < 1.29 is 17.9 Å². The fraction of sp³-hybridized carbons (Fsp3) is 1.00. The molecule has 2 atom stereocenters. The third kappa shape index (κ3) is 11.6. The van der Waals surface area contributed by atoms with Gasteiger partial charge in [0.2, 0.25) is 0 Å². The van der Waals surface area contributed by atoms with Gasteiger partial charge in [-0.3, -0.25) is 0 Å². The normalized spacial score (nSPS) is 16.4. The van der Waals surface area contributed by atoms with Gasteiger partial charge in [0.25, 0.3) is 0 Å². The lowest BCUT2D eigenvalue weighted by Crippen LogP contribution is -2.19. The predicted octanol–water partition coefficient (Wildman–Crippen LogP) is 2.72. The van der Waals surface area contributed by atoms with Crippen LogP contribution in [0.15, 0.2) is 0 Å². The Morgan fingerprint density at radius 2 is 1.87 bits per heavy atom. The molecule has 2 nitrogen and oxygen atoms in total. The van der Waals surface area contributed by atoms with Gasteiger partial charge in [-0.05, 0) is 32.1 Å². The zero-order valence-corrected chi connectivity index (χ0v) is 9.31. The lowest BCUT2D eigenvalue weighted by Gasteiger charge is -2.13. The minimum atomic E-state index is -4.21. The van der Waals surface area contributed by atoms with Gasteiger partial charge in [0.05, 0.1) is 0 Å². The van der Waals surface area contributed by atoms with E-state index in [1.165, 1.54) is 0 Å². The first-order chi connectivity index (χ1) is 6.81. The third-order valence-corrected chi connectivity index (χ3v) is 2.03. The Hall–Kier alpha value is -0.290. The van der Waals surface area contributed by atoms with Gasteiger partial charge in [-0.1, -0.05) is 6.92 Å². The van der Waals surface area contributed by atoms with Crippen LogP contribution in [0.1, 0.15) is 33.1 Å². The summed E-state index contributed by atoms with van der Waals surface area (Å²) in [6, 6.07) is 0.149. The Morgan fingerprint density at radius 1 is 1.27 bits per heavy atom. The highest BCUT2D eigenvalue weighted by atomic mass is 19.4. The second-order valence-electron chi connectivity index (χ2n) is 4.13. The highest BCUT2D eigenvalue weighted by Crippen LogP contribution is 2.15. The molecule has 0 aliphatic heterocycles. The summed E-state index contributed by atoms with van der Waals surface area (Å²) in [6.45, 7) is 3.00. The largest absolute Gasteiger partial charge is 0.411 e. The van der Waals surface area contributed by atoms with Crippen LogP contribution in [0.2, 0.25) is 0 Å². The minimum Gasteiger partial charge on any atom is -0.372 e. The van der Waals surface area contributed by atoms with Gasteiger partial charge in [-0.25, -0.2) is 0 Å². The van der Waals surface area contributed by atoms with Crippen LogP contribution in [0, 0.1) is 5.92 Å². The van der Waals surface area contributed by atoms with Crippen LogP contribution in [-0.2, 0) is 4.74 Å². The molecule has 0 saturated heterocycles. The molecular weight excluding hydrogens is 207 g/mol. The molecular formula is C10H20F3NO. The van der Waals surface area contributed by atoms with E-state index >= 15 is 0 Å². The van der Waals surface area contributed by atoms with Crippen molar-refractivity contribution in [2.45, 2.75) is 45.3 Å². The SMILES string of the molecule is CC(N)CC(C)CCCOCC(F)(F)F. The number of hydrogen-bond donors (Lipinski definition) is 1. The standard InChI is InChI=1S/C10H20F3NO/c1-8(6-9(2)14)4-3-5-15-7-10(11,12)13/h8-9H,3-7,14H2,1-2H3. The summed E-state index contributed by atoms with van der Waals surface area (Å²) in [6.07, 6.45) is -1.79. The maximum Gasteiger partial charge on any atom is 0.411 e. The van der Waals surface area contributed by atoms with E-state index < -0.39 is 12.8 Å². The molecule has 0 spiro atoms. The van der Waals surface area contributed by atoms with Crippen LogP contribution < -0.4 is 5.73 Å². The molecule has 0 heterocycles. The van der Waals surface area contributed by atoms with Crippen LogP contribution in [0.3, 0.4) is 0 Å². The van der Waals surface area contributed by atoms with Gasteiger partial charge < -0.3 is 10.5 Å². The lowest BCUT2D eigenvalue weighted by atomic mass is 9.98. The van der Waals surface area contributed by atoms with Gasteiger partial charge in [-0.15, -0.1) is 0 Å². The lowest BCUT2D eigenvalue weighted by molar-refractivity contribution is -0.174. The molecule has 0 aliphatic carbocycles. The molecule has 0 aromatic heterocycles. The van der Waals surface area contributed by atoms with E-state index in [1.807, 2.05) is 13.8 Å². The van der Waals surface area contributed by atoms with Crippen molar-refractivity contribution in [2.75, 3.05) is 13.2 Å². The number of ether oxygens (including phenoxy) is 1. The molecule has 2 N–H and O–H groups in total. The average molecular weight is 227 g/mol. The van der Waals surface area contributed by atoms with Gasteiger partial charge >= 0.3 is 6.18 Å². The molecule has 0 saturated carbocycles. The van der Waals surface area contributed by atoms with E-state index in [-0.39, 0.29) is 12.6 Å². The molecule has 92 valence electrons. The second kappa shape index (κ2) is 7.06. The first-order valence-electron chi connectivity index (χ1n) is 5.21. The van der Waals surface area contributed by atoms with E-state index in [9.17, 15) is 13.2 Å². The van der Waals surface area contributed by atoms with E-state index in [4.69, 9.17) is 5.73 Å². The zero-order valence-electron chi connectivity index (χ0n) is 9.31. The topological polar surface area (TPSA) is 35.2 Å². The molecule has 5 heteroatoms. The summed E-state index contributed by atoms with van der Waals surface area (Å²) >= 11 is 0. The van der Waals surface area contributed by atoms with Crippen molar-refractivity contribution in [3.05, 3.63) is 0 Å². The first kappa shape index (κ1) is 14.7. The van der Waals surface area contributed by atoms with Gasteiger partial charge in [0.15, 0.2) is 0 Å². The molecule has 0 radical (unpaired) electrons. The molecule has 0 fully saturated rings. The number of nitrogens with two attached hydrogens (primary N) is 1. The molecule has 0 amide bonds. The Morgan fingerprint density at radius 3 is 2.33 bits per heavy atom. The van der Waals surface area contributed by atoms with Crippen LogP contribution >= 0.6 is 0 Å². The molecule has 0 aliphatic rings. The van der Waals surface area contributed by atoms with Gasteiger partial charge in [-0.2, -0.15) is 13.2 Å². The smallest absolute Gasteiger partial charge is 0.372 e. The van der Waals surface area contributed by atoms with Gasteiger partial charge in [0.1, 0.15) is 6.61 Å². The highest BCUT2D eigenvalue weighted by molar-refractivity contribution is 4.60. The molecule has 2 unspecified atom stereocenters. The third-order valence-electron chi connectivity index (χ3n) is 2.03. The summed E-state index contributed by atoms with van der Waals surface area (Å²) in [7, 11) is 0. The summed E-state index contributed by atoms with van der Waals surface area (Å²) < 4.78 is 39.5. The Labute approximate surface area is 89.0 Å². The molecule has 0 aromatic carbocycles. The fourth-order valence-electron chi connectivity index (χ4n) is 1.47. The van der Waals surface area contributed by atoms with Crippen LogP contribution in [0.25, 0.3) is 0 Å². The van der Waals surface area contributed by atoms with Crippen molar-refractivity contribution in [2.24, 2.45) is 11.7 Å². The molecule has 0 bridgehead atoms. The summed E-state index contributed by atoms with van der Waals surface area (Å²) in [5.41, 5.74) is 5.60. The van der Waals surface area contributed by atoms with E-state index in [2.05, 4.69) is 4.74 Å². The van der Waals surface area contributed by atoms with Crippen molar-refractivity contribution >= 4 is 0 Å². The van der Waals surface area contributed by atoms with Crippen LogP contribution in [-0.4, -0.2) is 25.4 Å². The van der Waals surface area contributed by atoms with Crippen LogP contribution in [0.4, 0.5) is 13.2 Å². The second-order valence-corrected chi connectivity index (χ2v) is 4.13. The van der Waals surface area contributed by atoms with Gasteiger partial charge in [0, 0.05) is 12.6 Å². The maximum absolute atomic E-state index is 11.7. The Kier molecular flexibility index (Phi) is 6.92. The number of alkyl halides is 3. The predicted molar refractivity (Wildman–Crippen MR) is 53.5 cm³/mol. The number of rotatable bonds is 7. The molecule has 15 heavy (non-hydrogen) atoms. The van der Waals surface area contributed by atoms with Crippen molar-refractivity contribution in [3.63, 3.8) is 0 Å². The summed E-state index contributed by atoms with van der Waals surface area (Å²) in [4.78, 5) is 0. The van der Waals surface area contributed by atoms with Crippen molar-refractivity contribution in [1.82, 2.24) is 0 Å². The van der Waals surface area contributed by atoms with E-state index in [1.54, 1.807) is 0 Å². The Balaban J connectivity index is 3.31. The van der Waals surface area contributed by atoms with Crippen LogP contribution in [0.5, 0.6) is 0 Å². The number of hydrogen-bond acceptors (Lipinski definition) is 2. The fourth-order valence-corrected chi connectivity index (χ4v) is 1.47. The van der Waals surface area contributed by atoms with E-state index in [0.29, 0.717) is 12.3 Å². The quantitative estimate of drug-likeness (QED) is 0.679. The zero-order chi connectivity index (χ0) is 11.9. The summed E-state index contributed by atoms with van der Waals surface area (Å²) in [5, 5.41) is 0. The minimum absolute atomic E-state index is 0.149. The monoisotopic (exact) mass is 227 g/mol. The summed E-state index contributed by atoms with van der Waals surface area (Å²) in [5.74, 6) is 0.444. The van der Waals surface area contributed by atoms with E-state index in [0.717, 1.165) is 12.8 Å². The number of halogens is 3. The first-order valence-corrected chi connectivity index (χ1v) is 5.21. The highest BCUT2D eigenvalue weighted by Gasteiger charge is 2.27. The Bertz CT molecular complexity index is 159. The van der Waals surface area contributed by atoms with Crippen molar-refractivity contribution in [3.8, 4) is 0 Å². The molecule has 0 rings (SSSR count).